The summed E-state index contributed by atoms with van der Waals surface area (Å²) in [6.07, 6.45) is 0. The summed E-state index contributed by atoms with van der Waals surface area (Å²) in [5.41, 5.74) is 0.780. The van der Waals surface area contributed by atoms with Crippen molar-refractivity contribution >= 4 is 15.9 Å². The number of aromatic amines is 1. The Balaban J connectivity index is 2.47. The van der Waals surface area contributed by atoms with E-state index < -0.39 is 0 Å². The van der Waals surface area contributed by atoms with Gasteiger partial charge in [0.2, 0.25) is 0 Å². The van der Waals surface area contributed by atoms with Crippen molar-refractivity contribution in [3.63, 3.8) is 0 Å². The first-order valence-corrected chi connectivity index (χ1v) is 4.80. The molecule has 14 heavy (non-hydrogen) atoms. The molecule has 1 aromatic carbocycles. The first-order chi connectivity index (χ1) is 6.66. The van der Waals surface area contributed by atoms with Crippen molar-refractivity contribution in [2.45, 2.75) is 6.92 Å². The number of aryl methyl sites for hydroxylation is 1. The highest BCUT2D eigenvalue weighted by molar-refractivity contribution is 9.10. The van der Waals surface area contributed by atoms with Gasteiger partial charge in [-0.15, -0.1) is 0 Å². The van der Waals surface area contributed by atoms with E-state index in [4.69, 9.17) is 0 Å². The van der Waals surface area contributed by atoms with E-state index in [1.54, 1.807) is 12.1 Å². The maximum Gasteiger partial charge on any atom is 0.181 e. The number of hydrogen-bond acceptors (Lipinski definition) is 2. The van der Waals surface area contributed by atoms with Crippen molar-refractivity contribution in [1.82, 2.24) is 15.2 Å². The molecule has 0 radical (unpaired) electrons. The molecule has 3 nitrogen and oxygen atoms in total. The molecular formula is C9H7BrFN3. The maximum absolute atomic E-state index is 12.9. The summed E-state index contributed by atoms with van der Waals surface area (Å²) < 4.78 is 13.3. The summed E-state index contributed by atoms with van der Waals surface area (Å²) >= 11 is 3.11. The van der Waals surface area contributed by atoms with Crippen LogP contribution in [0.4, 0.5) is 4.39 Å². The van der Waals surface area contributed by atoms with Crippen LogP contribution in [0, 0.1) is 12.7 Å². The minimum Gasteiger partial charge on any atom is -0.263 e. The van der Waals surface area contributed by atoms with E-state index in [0.29, 0.717) is 10.3 Å². The third-order valence-electron chi connectivity index (χ3n) is 1.78. The molecule has 1 N–H and O–H groups in total. The second kappa shape index (κ2) is 3.49. The number of aromatic nitrogens is 3. The second-order valence-electron chi connectivity index (χ2n) is 2.87. The minimum absolute atomic E-state index is 0.291. The molecule has 2 aromatic rings. The molecule has 0 spiro atoms. The monoisotopic (exact) mass is 255 g/mol. The Morgan fingerprint density at radius 3 is 2.79 bits per heavy atom. The normalized spacial score (nSPS) is 10.5. The molecule has 0 amide bonds. The summed E-state index contributed by atoms with van der Waals surface area (Å²) in [4.78, 5) is 4.14. The molecule has 1 heterocycles. The van der Waals surface area contributed by atoms with Crippen LogP contribution in [0.15, 0.2) is 22.7 Å². The van der Waals surface area contributed by atoms with E-state index in [2.05, 4.69) is 31.1 Å². The Labute approximate surface area is 88.5 Å². The Kier molecular flexibility index (Phi) is 2.33. The number of nitrogens with zero attached hydrogens (tertiary/aromatic N) is 2. The predicted octanol–water partition coefficient (Wildman–Crippen LogP) is 2.68. The van der Waals surface area contributed by atoms with Crippen LogP contribution in [-0.4, -0.2) is 15.2 Å². The summed E-state index contributed by atoms with van der Waals surface area (Å²) in [6.45, 7) is 1.81. The second-order valence-corrected chi connectivity index (χ2v) is 3.73. The average Bonchev–Trinajstić information content (AvgIpc) is 2.57. The van der Waals surface area contributed by atoms with Crippen molar-refractivity contribution in [3.8, 4) is 11.4 Å². The Bertz CT molecular complexity index is 467. The summed E-state index contributed by atoms with van der Waals surface area (Å²) in [5, 5.41) is 6.71. The molecule has 0 bridgehead atoms. The quantitative estimate of drug-likeness (QED) is 0.852. The van der Waals surface area contributed by atoms with Gasteiger partial charge in [-0.05, 0) is 41.1 Å². The van der Waals surface area contributed by atoms with Crippen LogP contribution in [0.1, 0.15) is 5.82 Å². The van der Waals surface area contributed by atoms with Crippen molar-refractivity contribution < 1.29 is 4.39 Å². The highest BCUT2D eigenvalue weighted by Crippen LogP contribution is 2.22. The van der Waals surface area contributed by atoms with Crippen LogP contribution in [0.2, 0.25) is 0 Å². The van der Waals surface area contributed by atoms with Gasteiger partial charge in [0.25, 0.3) is 0 Å². The van der Waals surface area contributed by atoms with Crippen molar-refractivity contribution in [2.75, 3.05) is 0 Å². The van der Waals surface area contributed by atoms with Crippen LogP contribution in [0.5, 0.6) is 0 Å². The number of nitrogens with one attached hydrogen (secondary N) is 1. The topological polar surface area (TPSA) is 41.6 Å². The van der Waals surface area contributed by atoms with Crippen molar-refractivity contribution in [1.29, 1.82) is 0 Å². The van der Waals surface area contributed by atoms with Crippen LogP contribution in [-0.2, 0) is 0 Å². The lowest BCUT2D eigenvalue weighted by atomic mass is 10.2. The van der Waals surface area contributed by atoms with Crippen LogP contribution in [0.3, 0.4) is 0 Å². The molecule has 5 heteroatoms. The third-order valence-corrected chi connectivity index (χ3v) is 2.38. The number of rotatable bonds is 1. The van der Waals surface area contributed by atoms with E-state index in [-0.39, 0.29) is 5.82 Å². The van der Waals surface area contributed by atoms with Gasteiger partial charge in [-0.25, -0.2) is 9.37 Å². The number of benzene rings is 1. The molecule has 0 aliphatic heterocycles. The average molecular weight is 256 g/mol. The van der Waals surface area contributed by atoms with Gasteiger partial charge in [-0.3, -0.25) is 5.10 Å². The predicted molar refractivity (Wildman–Crippen MR) is 54.2 cm³/mol. The molecule has 72 valence electrons. The standard InChI is InChI=1S/C9H7BrFN3/c1-5-12-9(14-13-5)6-2-3-8(11)7(10)4-6/h2-4H,1H3,(H,12,13,14). The van der Waals surface area contributed by atoms with Gasteiger partial charge < -0.3 is 0 Å². The largest absolute Gasteiger partial charge is 0.263 e. The van der Waals surface area contributed by atoms with E-state index >= 15 is 0 Å². The zero-order valence-electron chi connectivity index (χ0n) is 7.38. The van der Waals surface area contributed by atoms with Gasteiger partial charge in [0, 0.05) is 5.56 Å². The van der Waals surface area contributed by atoms with Gasteiger partial charge in [0.05, 0.1) is 4.47 Å². The van der Waals surface area contributed by atoms with E-state index in [1.165, 1.54) is 6.07 Å². The van der Waals surface area contributed by atoms with E-state index in [0.717, 1.165) is 11.4 Å². The van der Waals surface area contributed by atoms with Gasteiger partial charge in [0.1, 0.15) is 11.6 Å². The summed E-state index contributed by atoms with van der Waals surface area (Å²) in [7, 11) is 0. The number of halogens is 2. The Morgan fingerprint density at radius 2 is 2.21 bits per heavy atom. The number of H-pyrrole nitrogens is 1. The molecule has 1 aromatic heterocycles. The molecule has 2 rings (SSSR count). The molecule has 0 fully saturated rings. The first-order valence-electron chi connectivity index (χ1n) is 4.01. The van der Waals surface area contributed by atoms with Crippen LogP contribution < -0.4 is 0 Å². The van der Waals surface area contributed by atoms with Crippen LogP contribution in [0.25, 0.3) is 11.4 Å². The molecule has 0 aliphatic rings. The molecular weight excluding hydrogens is 249 g/mol. The van der Waals surface area contributed by atoms with E-state index in [9.17, 15) is 4.39 Å². The summed E-state index contributed by atoms with van der Waals surface area (Å²) in [5.74, 6) is 1.02. The fourth-order valence-corrected chi connectivity index (χ4v) is 1.49. The maximum atomic E-state index is 12.9. The van der Waals surface area contributed by atoms with E-state index in [1.807, 2.05) is 6.92 Å². The lowest BCUT2D eigenvalue weighted by molar-refractivity contribution is 0.621. The fraction of sp³-hybridized carbons (Fsp3) is 0.111. The fourth-order valence-electron chi connectivity index (χ4n) is 1.11. The van der Waals surface area contributed by atoms with Gasteiger partial charge in [0.15, 0.2) is 5.82 Å². The molecule has 0 unspecified atom stereocenters. The zero-order chi connectivity index (χ0) is 10.1. The van der Waals surface area contributed by atoms with Crippen LogP contribution >= 0.6 is 15.9 Å². The zero-order valence-corrected chi connectivity index (χ0v) is 8.97. The highest BCUT2D eigenvalue weighted by Gasteiger charge is 2.06. The molecule has 0 aliphatic carbocycles. The van der Waals surface area contributed by atoms with Gasteiger partial charge in [-0.1, -0.05) is 0 Å². The van der Waals surface area contributed by atoms with Gasteiger partial charge >= 0.3 is 0 Å². The van der Waals surface area contributed by atoms with Crippen molar-refractivity contribution in [3.05, 3.63) is 34.3 Å². The SMILES string of the molecule is Cc1nc(-c2ccc(F)c(Br)c2)n[nH]1. The summed E-state index contributed by atoms with van der Waals surface area (Å²) in [6, 6.07) is 4.67. The highest BCUT2D eigenvalue weighted by atomic mass is 79.9. The minimum atomic E-state index is -0.291. The lowest BCUT2D eigenvalue weighted by Gasteiger charge is -1.97. The Hall–Kier alpha value is -1.23. The molecule has 0 saturated carbocycles. The Morgan fingerprint density at radius 1 is 1.43 bits per heavy atom. The third kappa shape index (κ3) is 1.68. The number of hydrogen-bond donors (Lipinski definition) is 1. The first kappa shape index (κ1) is 9.33. The molecule has 0 saturated heterocycles. The smallest absolute Gasteiger partial charge is 0.181 e. The van der Waals surface area contributed by atoms with Crippen molar-refractivity contribution in [2.24, 2.45) is 0 Å². The van der Waals surface area contributed by atoms with Gasteiger partial charge in [-0.2, -0.15) is 5.10 Å². The lowest BCUT2D eigenvalue weighted by Crippen LogP contribution is -1.83. The molecule has 0 atom stereocenters.